The molecule has 1 atom stereocenters. The van der Waals surface area contributed by atoms with Crippen LogP contribution in [0.25, 0.3) is 0 Å². The Morgan fingerprint density at radius 3 is 2.65 bits per heavy atom. The van der Waals surface area contributed by atoms with E-state index in [1.54, 1.807) is 0 Å². The Morgan fingerprint density at radius 2 is 2.00 bits per heavy atom. The van der Waals surface area contributed by atoms with Crippen molar-refractivity contribution in [1.82, 2.24) is 15.5 Å². The van der Waals surface area contributed by atoms with Crippen molar-refractivity contribution in [3.63, 3.8) is 0 Å². The molecular formula is C23H39IN4O3. The number of ether oxygens (including phenoxy) is 3. The summed E-state index contributed by atoms with van der Waals surface area (Å²) < 4.78 is 17.4. The average molecular weight is 546 g/mol. The monoisotopic (exact) mass is 546 g/mol. The SMILES string of the molecule is CN=C(NCc1ccc(C)cc1OCC1CCCO1)NCC1(N(C)C)CCOCC1.I. The van der Waals surface area contributed by atoms with Crippen LogP contribution in [0, 0.1) is 6.92 Å². The molecule has 31 heavy (non-hydrogen) atoms. The summed E-state index contributed by atoms with van der Waals surface area (Å²) in [6, 6.07) is 6.35. The lowest BCUT2D eigenvalue weighted by Crippen LogP contribution is -2.57. The third kappa shape index (κ3) is 7.47. The fourth-order valence-electron chi connectivity index (χ4n) is 4.08. The molecule has 0 radical (unpaired) electrons. The summed E-state index contributed by atoms with van der Waals surface area (Å²) in [6.45, 7) is 6.64. The molecule has 3 rings (SSSR count). The van der Waals surface area contributed by atoms with Gasteiger partial charge in [0, 0.05) is 51.1 Å². The van der Waals surface area contributed by atoms with Gasteiger partial charge in [-0.15, -0.1) is 24.0 Å². The van der Waals surface area contributed by atoms with E-state index < -0.39 is 0 Å². The van der Waals surface area contributed by atoms with E-state index in [1.165, 1.54) is 5.56 Å². The Kier molecular flexibility index (Phi) is 10.8. The Bertz CT molecular complexity index is 702. The molecule has 1 unspecified atom stereocenters. The largest absolute Gasteiger partial charge is 0.491 e. The molecule has 2 aliphatic rings. The quantitative estimate of drug-likeness (QED) is 0.297. The van der Waals surface area contributed by atoms with Crippen molar-refractivity contribution in [2.75, 3.05) is 54.1 Å². The first-order chi connectivity index (χ1) is 14.5. The summed E-state index contributed by atoms with van der Waals surface area (Å²) in [4.78, 5) is 6.73. The highest BCUT2D eigenvalue weighted by Crippen LogP contribution is 2.25. The molecule has 2 fully saturated rings. The molecule has 0 aliphatic carbocycles. The number of benzene rings is 1. The highest BCUT2D eigenvalue weighted by Gasteiger charge is 2.34. The summed E-state index contributed by atoms with van der Waals surface area (Å²) >= 11 is 0. The minimum atomic E-state index is 0. The lowest BCUT2D eigenvalue weighted by atomic mass is 9.88. The van der Waals surface area contributed by atoms with E-state index in [4.69, 9.17) is 14.2 Å². The second kappa shape index (κ2) is 12.8. The average Bonchev–Trinajstić information content (AvgIpc) is 3.27. The number of halogens is 1. The summed E-state index contributed by atoms with van der Waals surface area (Å²) in [7, 11) is 6.10. The Labute approximate surface area is 204 Å². The second-order valence-corrected chi connectivity index (χ2v) is 8.57. The van der Waals surface area contributed by atoms with E-state index in [-0.39, 0.29) is 35.6 Å². The number of aliphatic imine (C=N–C) groups is 1. The first-order valence-electron chi connectivity index (χ1n) is 11.1. The van der Waals surface area contributed by atoms with Crippen molar-refractivity contribution in [1.29, 1.82) is 0 Å². The molecule has 0 amide bonds. The molecule has 2 saturated heterocycles. The van der Waals surface area contributed by atoms with E-state index in [1.807, 2.05) is 7.05 Å². The predicted octanol–water partition coefficient (Wildman–Crippen LogP) is 2.95. The van der Waals surface area contributed by atoms with Crippen LogP contribution in [0.4, 0.5) is 0 Å². The second-order valence-electron chi connectivity index (χ2n) is 8.57. The van der Waals surface area contributed by atoms with Gasteiger partial charge in [0.1, 0.15) is 12.4 Å². The maximum Gasteiger partial charge on any atom is 0.191 e. The van der Waals surface area contributed by atoms with Gasteiger partial charge in [-0.25, -0.2) is 0 Å². The number of nitrogens with zero attached hydrogens (tertiary/aromatic N) is 2. The minimum Gasteiger partial charge on any atom is -0.491 e. The van der Waals surface area contributed by atoms with Gasteiger partial charge in [-0.3, -0.25) is 4.99 Å². The van der Waals surface area contributed by atoms with Crippen LogP contribution in [-0.4, -0.2) is 76.6 Å². The van der Waals surface area contributed by atoms with Gasteiger partial charge in [-0.2, -0.15) is 0 Å². The molecule has 2 heterocycles. The van der Waals surface area contributed by atoms with Gasteiger partial charge in [0.05, 0.1) is 6.10 Å². The van der Waals surface area contributed by atoms with Gasteiger partial charge in [-0.05, 0) is 58.3 Å². The standard InChI is InChI=1S/C23H38N4O3.HI/c1-18-7-8-19(21(14-18)30-16-20-6-5-11-29-20)15-25-22(24-2)26-17-23(27(3)4)9-12-28-13-10-23;/h7-8,14,20H,5-6,9-13,15-17H2,1-4H3,(H2,24,25,26);1H. The van der Waals surface area contributed by atoms with Crippen molar-refractivity contribution >= 4 is 29.9 Å². The van der Waals surface area contributed by atoms with Crippen molar-refractivity contribution in [3.8, 4) is 5.75 Å². The first-order valence-corrected chi connectivity index (χ1v) is 11.1. The van der Waals surface area contributed by atoms with E-state index in [0.29, 0.717) is 13.2 Å². The van der Waals surface area contributed by atoms with E-state index in [0.717, 1.165) is 69.3 Å². The van der Waals surface area contributed by atoms with Gasteiger partial charge in [0.15, 0.2) is 5.96 Å². The highest BCUT2D eigenvalue weighted by molar-refractivity contribution is 14.0. The first kappa shape index (κ1) is 26.2. The van der Waals surface area contributed by atoms with Gasteiger partial charge < -0.3 is 29.7 Å². The number of hydrogen-bond donors (Lipinski definition) is 2. The lowest BCUT2D eigenvalue weighted by Gasteiger charge is -2.43. The maximum absolute atomic E-state index is 6.12. The van der Waals surface area contributed by atoms with E-state index in [2.05, 4.69) is 59.7 Å². The third-order valence-corrected chi connectivity index (χ3v) is 6.30. The summed E-state index contributed by atoms with van der Waals surface area (Å²) in [5.74, 6) is 1.72. The molecule has 0 spiro atoms. The van der Waals surface area contributed by atoms with Crippen LogP contribution in [0.1, 0.15) is 36.8 Å². The molecule has 0 saturated carbocycles. The molecule has 2 aliphatic heterocycles. The Morgan fingerprint density at radius 1 is 1.23 bits per heavy atom. The van der Waals surface area contributed by atoms with Gasteiger partial charge in [-0.1, -0.05) is 12.1 Å². The molecule has 7 nitrogen and oxygen atoms in total. The van der Waals surface area contributed by atoms with E-state index in [9.17, 15) is 0 Å². The van der Waals surface area contributed by atoms with Gasteiger partial charge in [0.2, 0.25) is 0 Å². The maximum atomic E-state index is 6.12. The molecule has 1 aromatic rings. The number of rotatable bonds is 8. The molecule has 0 bridgehead atoms. The Balaban J connectivity index is 0.00000341. The van der Waals surface area contributed by atoms with Crippen LogP contribution in [0.2, 0.25) is 0 Å². The normalized spacial score (nSPS) is 20.9. The molecule has 8 heteroatoms. The fraction of sp³-hybridized carbons (Fsp3) is 0.696. The van der Waals surface area contributed by atoms with Crippen LogP contribution in [0.15, 0.2) is 23.2 Å². The number of guanidine groups is 1. The number of hydrogen-bond acceptors (Lipinski definition) is 5. The van der Waals surface area contributed by atoms with Crippen molar-refractivity contribution in [3.05, 3.63) is 29.3 Å². The molecule has 2 N–H and O–H groups in total. The zero-order valence-corrected chi connectivity index (χ0v) is 21.7. The van der Waals surface area contributed by atoms with Crippen molar-refractivity contribution in [2.45, 2.75) is 50.8 Å². The van der Waals surface area contributed by atoms with Crippen LogP contribution in [0.5, 0.6) is 5.75 Å². The molecule has 1 aromatic carbocycles. The predicted molar refractivity (Wildman–Crippen MR) is 136 cm³/mol. The smallest absolute Gasteiger partial charge is 0.191 e. The van der Waals surface area contributed by atoms with Crippen molar-refractivity contribution in [2.24, 2.45) is 4.99 Å². The van der Waals surface area contributed by atoms with Crippen LogP contribution in [0.3, 0.4) is 0 Å². The van der Waals surface area contributed by atoms with Gasteiger partial charge in [0.25, 0.3) is 0 Å². The molecule has 0 aromatic heterocycles. The Hall–Kier alpha value is -1.10. The summed E-state index contributed by atoms with van der Waals surface area (Å²) in [6.07, 6.45) is 4.45. The summed E-state index contributed by atoms with van der Waals surface area (Å²) in [5.41, 5.74) is 2.40. The van der Waals surface area contributed by atoms with E-state index >= 15 is 0 Å². The lowest BCUT2D eigenvalue weighted by molar-refractivity contribution is -0.00501. The number of aryl methyl sites for hydroxylation is 1. The molecule has 176 valence electrons. The summed E-state index contributed by atoms with van der Waals surface area (Å²) in [5, 5.41) is 6.97. The van der Waals surface area contributed by atoms with Gasteiger partial charge >= 0.3 is 0 Å². The topological polar surface area (TPSA) is 67.4 Å². The third-order valence-electron chi connectivity index (χ3n) is 6.30. The molecular weight excluding hydrogens is 507 g/mol. The fourth-order valence-corrected chi connectivity index (χ4v) is 4.08. The zero-order valence-electron chi connectivity index (χ0n) is 19.4. The van der Waals surface area contributed by atoms with Crippen molar-refractivity contribution < 1.29 is 14.2 Å². The van der Waals surface area contributed by atoms with Crippen LogP contribution in [-0.2, 0) is 16.0 Å². The number of likely N-dealkylation sites (N-methyl/N-ethyl adjacent to an activating group) is 1. The number of nitrogens with one attached hydrogen (secondary N) is 2. The zero-order chi connectivity index (χ0) is 21.4. The minimum absolute atomic E-state index is 0. The van der Waals surface area contributed by atoms with Crippen LogP contribution >= 0.6 is 24.0 Å². The highest BCUT2D eigenvalue weighted by atomic mass is 127. The van der Waals surface area contributed by atoms with Crippen LogP contribution < -0.4 is 15.4 Å².